The summed E-state index contributed by atoms with van der Waals surface area (Å²) in [5, 5.41) is 9.17. The number of hydrogen-bond acceptors (Lipinski definition) is 6. The van der Waals surface area contributed by atoms with Crippen molar-refractivity contribution in [3.05, 3.63) is 47.9 Å². The van der Waals surface area contributed by atoms with Crippen LogP contribution in [0, 0.1) is 11.3 Å². The monoisotopic (exact) mass is 500 g/mol. The summed E-state index contributed by atoms with van der Waals surface area (Å²) in [5.41, 5.74) is -0.958. The molecule has 0 saturated carbocycles. The molecular formula is C25H27F3N6O2. The molecule has 4 heterocycles. The van der Waals surface area contributed by atoms with Gasteiger partial charge in [0.1, 0.15) is 17.2 Å². The van der Waals surface area contributed by atoms with E-state index in [1.807, 2.05) is 19.9 Å². The van der Waals surface area contributed by atoms with Gasteiger partial charge in [0.2, 0.25) is 0 Å². The lowest BCUT2D eigenvalue weighted by Crippen LogP contribution is -2.59. The maximum Gasteiger partial charge on any atom is 0.418 e. The van der Waals surface area contributed by atoms with Crippen LogP contribution in [0.5, 0.6) is 0 Å². The number of hydrogen-bond donors (Lipinski definition) is 0. The van der Waals surface area contributed by atoms with Crippen molar-refractivity contribution >= 4 is 22.8 Å². The van der Waals surface area contributed by atoms with Crippen LogP contribution in [-0.2, 0) is 10.9 Å². The van der Waals surface area contributed by atoms with E-state index in [0.29, 0.717) is 0 Å². The highest BCUT2D eigenvalue weighted by molar-refractivity contribution is 5.95. The van der Waals surface area contributed by atoms with E-state index >= 15 is 0 Å². The minimum Gasteiger partial charge on any atom is -0.444 e. The molecule has 1 aliphatic rings. The van der Waals surface area contributed by atoms with Gasteiger partial charge in [-0.15, -0.1) is 0 Å². The zero-order valence-electron chi connectivity index (χ0n) is 20.7. The number of pyridine rings is 2. The number of alkyl halides is 3. The largest absolute Gasteiger partial charge is 0.444 e. The van der Waals surface area contributed by atoms with Crippen LogP contribution >= 0.6 is 0 Å². The van der Waals surface area contributed by atoms with Gasteiger partial charge in [0.25, 0.3) is 0 Å². The summed E-state index contributed by atoms with van der Waals surface area (Å²) >= 11 is 0. The zero-order valence-corrected chi connectivity index (χ0v) is 20.7. The third-order valence-electron chi connectivity index (χ3n) is 6.01. The quantitative estimate of drug-likeness (QED) is 0.484. The number of carbonyl (C=O) groups is 1. The highest BCUT2D eigenvalue weighted by Gasteiger charge is 2.40. The van der Waals surface area contributed by atoms with Gasteiger partial charge < -0.3 is 19.1 Å². The molecule has 0 spiro atoms. The maximum absolute atomic E-state index is 14.2. The molecule has 1 amide bonds. The van der Waals surface area contributed by atoms with Crippen LogP contribution in [0.15, 0.2) is 36.8 Å². The number of nitrogens with zero attached hydrogens (tertiary/aromatic N) is 6. The first kappa shape index (κ1) is 25.3. The lowest BCUT2D eigenvalue weighted by Gasteiger charge is -2.44. The summed E-state index contributed by atoms with van der Waals surface area (Å²) in [6.45, 7) is 9.56. The fourth-order valence-corrected chi connectivity index (χ4v) is 4.40. The van der Waals surface area contributed by atoms with E-state index in [1.54, 1.807) is 30.6 Å². The number of amides is 1. The SMILES string of the molecule is C[C@@H]1CN(c2nccc3c2c(C(F)(F)F)cn3-c2cc(C#N)ccn2)[C@@H](C)CN1C(=O)OC(C)(C)C. The van der Waals surface area contributed by atoms with Crippen molar-refractivity contribution in [2.75, 3.05) is 18.0 Å². The first-order valence-corrected chi connectivity index (χ1v) is 11.5. The van der Waals surface area contributed by atoms with Crippen molar-refractivity contribution in [1.29, 1.82) is 5.26 Å². The van der Waals surface area contributed by atoms with Crippen LogP contribution < -0.4 is 4.90 Å². The van der Waals surface area contributed by atoms with Gasteiger partial charge in [-0.3, -0.25) is 0 Å². The molecule has 0 N–H and O–H groups in total. The Morgan fingerprint density at radius 2 is 1.81 bits per heavy atom. The molecule has 190 valence electrons. The Kier molecular flexibility index (Phi) is 6.32. The third kappa shape index (κ3) is 4.80. The van der Waals surface area contributed by atoms with Crippen molar-refractivity contribution < 1.29 is 22.7 Å². The lowest BCUT2D eigenvalue weighted by molar-refractivity contribution is -0.136. The Labute approximate surface area is 206 Å². The topological polar surface area (TPSA) is 87.3 Å². The number of nitriles is 1. The Balaban J connectivity index is 1.79. The zero-order chi connectivity index (χ0) is 26.4. The molecule has 11 heteroatoms. The van der Waals surface area contributed by atoms with E-state index < -0.39 is 23.4 Å². The van der Waals surface area contributed by atoms with E-state index in [2.05, 4.69) is 9.97 Å². The molecule has 1 fully saturated rings. The normalized spacial score (nSPS) is 18.9. The van der Waals surface area contributed by atoms with Crippen LogP contribution in [0.2, 0.25) is 0 Å². The Hall–Kier alpha value is -3.81. The van der Waals surface area contributed by atoms with E-state index in [0.717, 1.165) is 6.20 Å². The Morgan fingerprint density at radius 1 is 1.11 bits per heavy atom. The second-order valence-electron chi connectivity index (χ2n) is 9.94. The smallest absolute Gasteiger partial charge is 0.418 e. The summed E-state index contributed by atoms with van der Waals surface area (Å²) in [7, 11) is 0. The molecule has 0 bridgehead atoms. The lowest BCUT2D eigenvalue weighted by atomic mass is 10.1. The number of piperazine rings is 1. The first-order valence-electron chi connectivity index (χ1n) is 11.5. The van der Waals surface area contributed by atoms with Gasteiger partial charge in [-0.25, -0.2) is 14.8 Å². The fourth-order valence-electron chi connectivity index (χ4n) is 4.40. The first-order chi connectivity index (χ1) is 16.8. The molecule has 0 aliphatic carbocycles. The second-order valence-corrected chi connectivity index (χ2v) is 9.94. The standard InChI is InChI=1S/C25H27F3N6O2/c1-15-13-33(23(35)36-24(3,4)5)16(2)12-32(15)22-21-18(25(26,27)28)14-34(19(21)7-9-31-22)20-10-17(11-29)6-8-30-20/h6-10,14-16H,12-13H2,1-5H3/t15-,16+/m0/s1. The molecule has 3 aromatic heterocycles. The van der Waals surface area contributed by atoms with Gasteiger partial charge >= 0.3 is 12.3 Å². The van der Waals surface area contributed by atoms with Gasteiger partial charge in [0.05, 0.1) is 28.1 Å². The molecule has 2 atom stereocenters. The minimum absolute atomic E-state index is 0.0565. The summed E-state index contributed by atoms with van der Waals surface area (Å²) < 4.78 is 49.6. The number of ether oxygens (including phenoxy) is 1. The van der Waals surface area contributed by atoms with Crippen molar-refractivity contribution in [1.82, 2.24) is 19.4 Å². The average Bonchev–Trinajstić information content (AvgIpc) is 3.20. The van der Waals surface area contributed by atoms with E-state index in [9.17, 15) is 23.2 Å². The second kappa shape index (κ2) is 9.00. The van der Waals surface area contributed by atoms with Crippen molar-refractivity contribution in [2.45, 2.75) is 58.5 Å². The van der Waals surface area contributed by atoms with Crippen molar-refractivity contribution in [3.63, 3.8) is 0 Å². The molecule has 36 heavy (non-hydrogen) atoms. The van der Waals surface area contributed by atoms with Crippen molar-refractivity contribution in [3.8, 4) is 11.9 Å². The summed E-state index contributed by atoms with van der Waals surface area (Å²) in [6.07, 6.45) is -1.28. The van der Waals surface area contributed by atoms with Crippen LogP contribution in [0.4, 0.5) is 23.8 Å². The molecule has 3 aromatic rings. The molecule has 8 nitrogen and oxygen atoms in total. The molecule has 4 rings (SSSR count). The highest BCUT2D eigenvalue weighted by atomic mass is 19.4. The number of anilines is 1. The summed E-state index contributed by atoms with van der Waals surface area (Å²) in [5.74, 6) is 0.376. The number of fused-ring (bicyclic) bond motifs is 1. The number of halogens is 3. The van der Waals surface area contributed by atoms with Crippen LogP contribution in [0.3, 0.4) is 0 Å². The number of rotatable bonds is 2. The molecule has 1 aliphatic heterocycles. The molecular weight excluding hydrogens is 473 g/mol. The van der Waals surface area contributed by atoms with E-state index in [-0.39, 0.29) is 53.3 Å². The van der Waals surface area contributed by atoms with Crippen LogP contribution in [0.25, 0.3) is 16.7 Å². The molecule has 0 aromatic carbocycles. The van der Waals surface area contributed by atoms with Crippen LogP contribution in [0.1, 0.15) is 45.7 Å². The van der Waals surface area contributed by atoms with Gasteiger partial charge in [-0.1, -0.05) is 0 Å². The molecule has 0 unspecified atom stereocenters. The van der Waals surface area contributed by atoms with Gasteiger partial charge in [-0.05, 0) is 52.8 Å². The van der Waals surface area contributed by atoms with Gasteiger partial charge in [0, 0.05) is 43.8 Å². The minimum atomic E-state index is -4.65. The Bertz CT molecular complexity index is 1340. The molecule has 1 saturated heterocycles. The third-order valence-corrected chi connectivity index (χ3v) is 6.01. The number of carbonyl (C=O) groups excluding carboxylic acids is 1. The fraction of sp³-hybridized carbons (Fsp3) is 0.440. The van der Waals surface area contributed by atoms with E-state index in [1.165, 1.54) is 35.2 Å². The van der Waals surface area contributed by atoms with Crippen LogP contribution in [-0.4, -0.2) is 56.3 Å². The van der Waals surface area contributed by atoms with Crippen molar-refractivity contribution in [2.24, 2.45) is 0 Å². The summed E-state index contributed by atoms with van der Waals surface area (Å²) in [6, 6.07) is 5.76. The maximum atomic E-state index is 14.2. The Morgan fingerprint density at radius 3 is 2.44 bits per heavy atom. The highest BCUT2D eigenvalue weighted by Crippen LogP contribution is 2.41. The molecule has 0 radical (unpaired) electrons. The summed E-state index contributed by atoms with van der Waals surface area (Å²) in [4.78, 5) is 24.7. The predicted octanol–water partition coefficient (Wildman–Crippen LogP) is 5.15. The number of aromatic nitrogens is 3. The van der Waals surface area contributed by atoms with E-state index in [4.69, 9.17) is 4.74 Å². The predicted molar refractivity (Wildman–Crippen MR) is 128 cm³/mol. The average molecular weight is 501 g/mol. The van der Waals surface area contributed by atoms with Gasteiger partial charge in [-0.2, -0.15) is 18.4 Å². The van der Waals surface area contributed by atoms with Gasteiger partial charge in [0.15, 0.2) is 0 Å².